The summed E-state index contributed by atoms with van der Waals surface area (Å²) in [6.07, 6.45) is 2.06. The van der Waals surface area contributed by atoms with Crippen LogP contribution in [0.2, 0.25) is 5.02 Å². The summed E-state index contributed by atoms with van der Waals surface area (Å²) < 4.78 is 11.1. The summed E-state index contributed by atoms with van der Waals surface area (Å²) in [5, 5.41) is 7.30. The van der Waals surface area contributed by atoms with Crippen molar-refractivity contribution in [2.75, 3.05) is 59.3 Å². The van der Waals surface area contributed by atoms with Crippen molar-refractivity contribution in [1.29, 1.82) is 0 Å². The van der Waals surface area contributed by atoms with Crippen LogP contribution in [0.1, 0.15) is 12.8 Å². The second-order valence-corrected chi connectivity index (χ2v) is 8.42. The molecule has 2 N–H and O–H groups in total. The molecule has 1 aromatic rings. The Hall–Kier alpha value is -1.48. The van der Waals surface area contributed by atoms with E-state index < -0.39 is 0 Å². The maximum atomic E-state index is 11.8. The fourth-order valence-electron chi connectivity index (χ4n) is 2.50. The van der Waals surface area contributed by atoms with Crippen molar-refractivity contribution in [3.63, 3.8) is 0 Å². The molecule has 0 saturated carbocycles. The molecule has 1 aromatic carbocycles. The number of aliphatic imine (C=N–C) groups is 1. The molecule has 29 heavy (non-hydrogen) atoms. The molecular weight excluding hydrogens is 412 g/mol. The van der Waals surface area contributed by atoms with Gasteiger partial charge in [0, 0.05) is 56.1 Å². The molecule has 1 saturated heterocycles. The third-order valence-electron chi connectivity index (χ3n) is 4.20. The highest BCUT2D eigenvalue weighted by atomic mass is 35.5. The zero-order valence-electron chi connectivity index (χ0n) is 17.2. The number of carbonyl (C=O) groups excluding carboxylic acids is 1. The second kappa shape index (κ2) is 13.7. The SMILES string of the molecule is CN(C)C(=O)CN=C(NCCCOC1CCOC1)NCCSc1ccc(Cl)cc1. The molecule has 0 spiro atoms. The molecule has 1 amide bonds. The van der Waals surface area contributed by atoms with E-state index in [-0.39, 0.29) is 18.6 Å². The van der Waals surface area contributed by atoms with Crippen LogP contribution >= 0.6 is 23.4 Å². The van der Waals surface area contributed by atoms with Gasteiger partial charge in [0.2, 0.25) is 5.91 Å². The van der Waals surface area contributed by atoms with Gasteiger partial charge in [0.15, 0.2) is 5.96 Å². The molecule has 7 nitrogen and oxygen atoms in total. The van der Waals surface area contributed by atoms with Gasteiger partial charge in [-0.15, -0.1) is 11.8 Å². The molecule has 1 atom stereocenters. The topological polar surface area (TPSA) is 75.2 Å². The summed E-state index contributed by atoms with van der Waals surface area (Å²) in [5.41, 5.74) is 0. The van der Waals surface area contributed by atoms with Gasteiger partial charge in [-0.05, 0) is 37.1 Å². The van der Waals surface area contributed by atoms with Crippen LogP contribution in [-0.4, -0.2) is 82.2 Å². The van der Waals surface area contributed by atoms with E-state index in [9.17, 15) is 4.79 Å². The Morgan fingerprint density at radius 3 is 2.76 bits per heavy atom. The number of guanidine groups is 1. The molecule has 1 heterocycles. The van der Waals surface area contributed by atoms with Crippen LogP contribution in [-0.2, 0) is 14.3 Å². The third-order valence-corrected chi connectivity index (χ3v) is 5.47. The van der Waals surface area contributed by atoms with E-state index in [0.717, 1.165) is 43.3 Å². The molecule has 1 aliphatic heterocycles. The summed E-state index contributed by atoms with van der Waals surface area (Å²) in [7, 11) is 3.45. The average molecular weight is 443 g/mol. The lowest BCUT2D eigenvalue weighted by Gasteiger charge is -2.14. The maximum absolute atomic E-state index is 11.8. The smallest absolute Gasteiger partial charge is 0.243 e. The largest absolute Gasteiger partial charge is 0.379 e. The van der Waals surface area contributed by atoms with Crippen LogP contribution in [0.3, 0.4) is 0 Å². The van der Waals surface area contributed by atoms with Gasteiger partial charge in [-0.2, -0.15) is 0 Å². The van der Waals surface area contributed by atoms with E-state index in [4.69, 9.17) is 21.1 Å². The van der Waals surface area contributed by atoms with Crippen molar-refractivity contribution in [3.8, 4) is 0 Å². The number of likely N-dealkylation sites (N-methyl/N-ethyl adjacent to an activating group) is 1. The van der Waals surface area contributed by atoms with Gasteiger partial charge >= 0.3 is 0 Å². The zero-order valence-corrected chi connectivity index (χ0v) is 18.7. The molecule has 1 unspecified atom stereocenters. The number of ether oxygens (including phenoxy) is 2. The number of hydrogen-bond acceptors (Lipinski definition) is 5. The third kappa shape index (κ3) is 10.2. The number of nitrogens with zero attached hydrogens (tertiary/aromatic N) is 2. The second-order valence-electron chi connectivity index (χ2n) is 6.82. The van der Waals surface area contributed by atoms with E-state index in [1.807, 2.05) is 24.3 Å². The summed E-state index contributed by atoms with van der Waals surface area (Å²) in [6, 6.07) is 7.79. The van der Waals surface area contributed by atoms with E-state index in [2.05, 4.69) is 15.6 Å². The first-order valence-corrected chi connectivity index (χ1v) is 11.2. The van der Waals surface area contributed by atoms with Crippen LogP contribution < -0.4 is 10.6 Å². The minimum atomic E-state index is -0.0359. The van der Waals surface area contributed by atoms with Crippen molar-refractivity contribution in [3.05, 3.63) is 29.3 Å². The highest BCUT2D eigenvalue weighted by Gasteiger charge is 2.15. The minimum Gasteiger partial charge on any atom is -0.379 e. The van der Waals surface area contributed by atoms with Gasteiger partial charge in [0.05, 0.1) is 12.7 Å². The first-order valence-electron chi connectivity index (χ1n) is 9.84. The van der Waals surface area contributed by atoms with Crippen molar-refractivity contribution < 1.29 is 14.3 Å². The zero-order chi connectivity index (χ0) is 20.9. The summed E-state index contributed by atoms with van der Waals surface area (Å²) in [6.45, 7) is 3.72. The number of hydrogen-bond donors (Lipinski definition) is 2. The summed E-state index contributed by atoms with van der Waals surface area (Å²) in [4.78, 5) is 18.9. The van der Waals surface area contributed by atoms with Crippen LogP contribution in [0.4, 0.5) is 0 Å². The van der Waals surface area contributed by atoms with Crippen molar-refractivity contribution in [2.45, 2.75) is 23.8 Å². The number of thioether (sulfide) groups is 1. The average Bonchev–Trinajstić information content (AvgIpc) is 3.22. The fourth-order valence-corrected chi connectivity index (χ4v) is 3.40. The first-order chi connectivity index (χ1) is 14.0. The highest BCUT2D eigenvalue weighted by Crippen LogP contribution is 2.19. The van der Waals surface area contributed by atoms with Crippen LogP contribution in [0.25, 0.3) is 0 Å². The van der Waals surface area contributed by atoms with Gasteiger partial charge in [-0.25, -0.2) is 4.99 Å². The minimum absolute atomic E-state index is 0.0359. The molecule has 0 aliphatic carbocycles. The molecular formula is C20H31ClN4O3S. The maximum Gasteiger partial charge on any atom is 0.243 e. The summed E-state index contributed by atoms with van der Waals surface area (Å²) in [5.74, 6) is 1.47. The molecule has 2 rings (SSSR count). The van der Waals surface area contributed by atoms with Gasteiger partial charge in [0.25, 0.3) is 0 Å². The van der Waals surface area contributed by atoms with Gasteiger partial charge in [-0.1, -0.05) is 11.6 Å². The van der Waals surface area contributed by atoms with Crippen LogP contribution in [0.5, 0.6) is 0 Å². The van der Waals surface area contributed by atoms with Crippen LogP contribution in [0.15, 0.2) is 34.2 Å². The molecule has 1 aliphatic rings. The Morgan fingerprint density at radius 1 is 1.31 bits per heavy atom. The fraction of sp³-hybridized carbons (Fsp3) is 0.600. The molecule has 1 fully saturated rings. The molecule has 0 radical (unpaired) electrons. The number of amides is 1. The van der Waals surface area contributed by atoms with Crippen molar-refractivity contribution in [1.82, 2.24) is 15.5 Å². The predicted molar refractivity (Wildman–Crippen MR) is 119 cm³/mol. The van der Waals surface area contributed by atoms with Gasteiger partial charge in [-0.3, -0.25) is 4.79 Å². The lowest BCUT2D eigenvalue weighted by Crippen LogP contribution is -2.40. The molecule has 0 aromatic heterocycles. The lowest BCUT2D eigenvalue weighted by molar-refractivity contribution is -0.127. The Balaban J connectivity index is 1.70. The Morgan fingerprint density at radius 2 is 2.07 bits per heavy atom. The van der Waals surface area contributed by atoms with Gasteiger partial charge in [0.1, 0.15) is 6.54 Å². The lowest BCUT2D eigenvalue weighted by atomic mass is 10.3. The number of nitrogens with one attached hydrogen (secondary N) is 2. The monoisotopic (exact) mass is 442 g/mol. The Bertz CT molecular complexity index is 637. The predicted octanol–water partition coefficient (Wildman–Crippen LogP) is 2.25. The first kappa shape index (κ1) is 23.8. The van der Waals surface area contributed by atoms with E-state index in [1.165, 1.54) is 9.80 Å². The van der Waals surface area contributed by atoms with E-state index >= 15 is 0 Å². The molecule has 9 heteroatoms. The van der Waals surface area contributed by atoms with Crippen molar-refractivity contribution >= 4 is 35.2 Å². The van der Waals surface area contributed by atoms with E-state index in [1.54, 1.807) is 25.9 Å². The normalized spacial score (nSPS) is 16.7. The molecule has 162 valence electrons. The molecule has 0 bridgehead atoms. The highest BCUT2D eigenvalue weighted by molar-refractivity contribution is 7.99. The van der Waals surface area contributed by atoms with E-state index in [0.29, 0.717) is 19.2 Å². The van der Waals surface area contributed by atoms with Crippen molar-refractivity contribution in [2.24, 2.45) is 4.99 Å². The Labute approximate surface area is 182 Å². The summed E-state index contributed by atoms with van der Waals surface area (Å²) >= 11 is 7.65. The standard InChI is InChI=1S/C20H31ClN4O3S/c1-25(2)19(26)14-24-20(22-9-3-11-28-17-8-12-27-15-17)23-10-13-29-18-6-4-16(21)5-7-18/h4-7,17H,3,8-15H2,1-2H3,(H2,22,23,24). The number of halogens is 1. The van der Waals surface area contributed by atoms with Gasteiger partial charge < -0.3 is 25.0 Å². The Kier molecular flexibility index (Phi) is 11.2. The number of carbonyl (C=O) groups is 1. The van der Waals surface area contributed by atoms with Crippen LogP contribution in [0, 0.1) is 0 Å². The number of benzene rings is 1. The quantitative estimate of drug-likeness (QED) is 0.237. The number of rotatable bonds is 11.